The molecule has 0 aliphatic rings. The van der Waals surface area contributed by atoms with Crippen LogP contribution in [0.3, 0.4) is 0 Å². The number of rotatable bonds is 7. The van der Waals surface area contributed by atoms with Gasteiger partial charge in [0.1, 0.15) is 5.70 Å². The highest BCUT2D eigenvalue weighted by Gasteiger charge is 2.23. The molecule has 0 fully saturated rings. The lowest BCUT2D eigenvalue weighted by molar-refractivity contribution is -0.122. The highest BCUT2D eigenvalue weighted by atomic mass is 79.9. The SMILES string of the molecule is CCOC(=O)c1ccccc1NC(=O)C(=CC(=O)C(C)(C)C)Nc1ccc(Br)cc1. The predicted molar refractivity (Wildman–Crippen MR) is 121 cm³/mol. The van der Waals surface area contributed by atoms with Crippen LogP contribution in [0.5, 0.6) is 0 Å². The van der Waals surface area contributed by atoms with Crippen molar-refractivity contribution in [3.63, 3.8) is 0 Å². The summed E-state index contributed by atoms with van der Waals surface area (Å²) in [5, 5.41) is 5.70. The first-order chi connectivity index (χ1) is 14.1. The number of esters is 1. The summed E-state index contributed by atoms with van der Waals surface area (Å²) < 4.78 is 5.93. The molecule has 158 valence electrons. The van der Waals surface area contributed by atoms with Crippen LogP contribution in [-0.4, -0.2) is 24.3 Å². The highest BCUT2D eigenvalue weighted by Crippen LogP contribution is 2.21. The van der Waals surface area contributed by atoms with E-state index in [1.54, 1.807) is 64.1 Å². The number of benzene rings is 2. The third kappa shape index (κ3) is 6.56. The Morgan fingerprint density at radius 1 is 1.00 bits per heavy atom. The molecular formula is C23H25BrN2O4. The molecule has 30 heavy (non-hydrogen) atoms. The molecule has 6 nitrogen and oxygen atoms in total. The Bertz CT molecular complexity index is 960. The van der Waals surface area contributed by atoms with Crippen molar-refractivity contribution in [3.8, 4) is 0 Å². The molecule has 0 saturated heterocycles. The van der Waals surface area contributed by atoms with Crippen LogP contribution in [0, 0.1) is 5.41 Å². The average molecular weight is 473 g/mol. The maximum Gasteiger partial charge on any atom is 0.340 e. The van der Waals surface area contributed by atoms with Crippen molar-refractivity contribution in [2.24, 2.45) is 5.41 Å². The van der Waals surface area contributed by atoms with Gasteiger partial charge in [-0.1, -0.05) is 48.8 Å². The van der Waals surface area contributed by atoms with Gasteiger partial charge in [0.2, 0.25) is 0 Å². The first-order valence-electron chi connectivity index (χ1n) is 9.48. The monoisotopic (exact) mass is 472 g/mol. The molecule has 0 bridgehead atoms. The van der Waals surface area contributed by atoms with Crippen LogP contribution in [0.25, 0.3) is 0 Å². The van der Waals surface area contributed by atoms with Crippen LogP contribution in [0.1, 0.15) is 38.1 Å². The average Bonchev–Trinajstić information content (AvgIpc) is 2.68. The quantitative estimate of drug-likeness (QED) is 0.428. The maximum absolute atomic E-state index is 13.0. The number of carbonyl (C=O) groups is 3. The van der Waals surface area contributed by atoms with Gasteiger partial charge in [-0.15, -0.1) is 0 Å². The zero-order chi connectivity index (χ0) is 22.3. The number of ketones is 1. The topological polar surface area (TPSA) is 84.5 Å². The standard InChI is InChI=1S/C23H25BrN2O4/c1-5-30-22(29)17-8-6-7-9-18(17)26-21(28)19(14-20(27)23(2,3)4)25-16-12-10-15(24)11-13-16/h6-14,25H,5H2,1-4H3,(H,26,28). The van der Waals surface area contributed by atoms with E-state index in [-0.39, 0.29) is 23.7 Å². The Kier molecular flexibility index (Phi) is 7.94. The van der Waals surface area contributed by atoms with Gasteiger partial charge in [-0.2, -0.15) is 0 Å². The first-order valence-corrected chi connectivity index (χ1v) is 10.3. The molecule has 0 saturated carbocycles. The van der Waals surface area contributed by atoms with Gasteiger partial charge in [0.05, 0.1) is 17.9 Å². The largest absolute Gasteiger partial charge is 0.462 e. The van der Waals surface area contributed by atoms with Crippen molar-refractivity contribution in [2.45, 2.75) is 27.7 Å². The molecule has 7 heteroatoms. The molecule has 2 aromatic rings. The summed E-state index contributed by atoms with van der Waals surface area (Å²) in [4.78, 5) is 37.8. The van der Waals surface area contributed by atoms with Gasteiger partial charge < -0.3 is 15.4 Å². The Labute approximate surface area is 184 Å². The first kappa shape index (κ1) is 23.3. The second-order valence-electron chi connectivity index (χ2n) is 7.52. The van der Waals surface area contributed by atoms with Crippen LogP contribution in [0.4, 0.5) is 11.4 Å². The number of carbonyl (C=O) groups excluding carboxylic acids is 3. The normalized spacial score (nSPS) is 11.6. The summed E-state index contributed by atoms with van der Waals surface area (Å²) in [6.07, 6.45) is 1.28. The number of para-hydroxylation sites is 1. The molecule has 2 rings (SSSR count). The number of allylic oxidation sites excluding steroid dienone is 1. The van der Waals surface area contributed by atoms with Crippen LogP contribution >= 0.6 is 15.9 Å². The van der Waals surface area contributed by atoms with E-state index in [2.05, 4.69) is 26.6 Å². The number of halogens is 1. The van der Waals surface area contributed by atoms with E-state index < -0.39 is 17.3 Å². The van der Waals surface area contributed by atoms with E-state index in [1.807, 2.05) is 12.1 Å². The molecule has 0 aliphatic heterocycles. The van der Waals surface area contributed by atoms with Gasteiger partial charge in [0.15, 0.2) is 5.78 Å². The molecular weight excluding hydrogens is 448 g/mol. The van der Waals surface area contributed by atoms with Crippen LogP contribution < -0.4 is 10.6 Å². The molecule has 0 aliphatic carbocycles. The number of hydrogen-bond donors (Lipinski definition) is 2. The summed E-state index contributed by atoms with van der Waals surface area (Å²) in [6, 6.07) is 13.7. The summed E-state index contributed by atoms with van der Waals surface area (Å²) in [5.41, 5.74) is 0.580. The van der Waals surface area contributed by atoms with Crippen LogP contribution in [-0.2, 0) is 14.3 Å². The Hall–Kier alpha value is -2.93. The fourth-order valence-corrected chi connectivity index (χ4v) is 2.63. The van der Waals surface area contributed by atoms with Crippen molar-refractivity contribution in [3.05, 3.63) is 70.3 Å². The molecule has 0 heterocycles. The molecule has 0 aromatic heterocycles. The number of amides is 1. The summed E-state index contributed by atoms with van der Waals surface area (Å²) >= 11 is 3.37. The Balaban J connectivity index is 2.36. The van der Waals surface area contributed by atoms with Crippen LogP contribution in [0.2, 0.25) is 0 Å². The van der Waals surface area contributed by atoms with E-state index in [0.717, 1.165) is 4.47 Å². The molecule has 0 radical (unpaired) electrons. The second-order valence-corrected chi connectivity index (χ2v) is 8.44. The number of anilines is 2. The summed E-state index contributed by atoms with van der Waals surface area (Å²) in [7, 11) is 0. The van der Waals surface area contributed by atoms with Gasteiger partial charge in [-0.25, -0.2) is 4.79 Å². The second kappa shape index (κ2) is 10.2. The lowest BCUT2D eigenvalue weighted by Gasteiger charge is -2.17. The van der Waals surface area contributed by atoms with E-state index in [9.17, 15) is 14.4 Å². The lowest BCUT2D eigenvalue weighted by atomic mass is 9.90. The molecule has 2 N–H and O–H groups in total. The van der Waals surface area contributed by atoms with Crippen molar-refractivity contribution in [1.29, 1.82) is 0 Å². The fraction of sp³-hybridized carbons (Fsp3) is 0.261. The van der Waals surface area contributed by atoms with Gasteiger partial charge in [-0.3, -0.25) is 9.59 Å². The number of nitrogens with one attached hydrogen (secondary N) is 2. The Morgan fingerprint density at radius 3 is 2.23 bits per heavy atom. The lowest BCUT2D eigenvalue weighted by Crippen LogP contribution is -2.25. The smallest absolute Gasteiger partial charge is 0.340 e. The van der Waals surface area contributed by atoms with E-state index in [4.69, 9.17) is 4.74 Å². The van der Waals surface area contributed by atoms with Gasteiger partial charge in [0.25, 0.3) is 5.91 Å². The minimum absolute atomic E-state index is 0.0657. The van der Waals surface area contributed by atoms with Gasteiger partial charge in [-0.05, 0) is 43.3 Å². The minimum atomic E-state index is -0.657. The molecule has 0 unspecified atom stereocenters. The molecule has 2 aromatic carbocycles. The van der Waals surface area contributed by atoms with E-state index in [0.29, 0.717) is 11.4 Å². The third-order valence-electron chi connectivity index (χ3n) is 4.05. The molecule has 0 spiro atoms. The number of hydrogen-bond acceptors (Lipinski definition) is 5. The van der Waals surface area contributed by atoms with Crippen molar-refractivity contribution in [2.75, 3.05) is 17.2 Å². The highest BCUT2D eigenvalue weighted by molar-refractivity contribution is 9.10. The predicted octanol–water partition coefficient (Wildman–Crippen LogP) is 5.18. The molecule has 0 atom stereocenters. The Morgan fingerprint density at radius 2 is 1.63 bits per heavy atom. The van der Waals surface area contributed by atoms with Crippen molar-refractivity contribution >= 4 is 45.0 Å². The van der Waals surface area contributed by atoms with Gasteiger partial charge >= 0.3 is 5.97 Å². The number of ether oxygens (including phenoxy) is 1. The maximum atomic E-state index is 13.0. The third-order valence-corrected chi connectivity index (χ3v) is 4.58. The minimum Gasteiger partial charge on any atom is -0.462 e. The van der Waals surface area contributed by atoms with Gasteiger partial charge in [0, 0.05) is 21.7 Å². The van der Waals surface area contributed by atoms with E-state index in [1.165, 1.54) is 6.08 Å². The summed E-state index contributed by atoms with van der Waals surface area (Å²) in [6.45, 7) is 7.25. The van der Waals surface area contributed by atoms with E-state index >= 15 is 0 Å². The zero-order valence-corrected chi connectivity index (χ0v) is 19.0. The van der Waals surface area contributed by atoms with Crippen LogP contribution in [0.15, 0.2) is 64.8 Å². The fourth-order valence-electron chi connectivity index (χ4n) is 2.36. The molecule has 1 amide bonds. The summed E-state index contributed by atoms with van der Waals surface area (Å²) in [5.74, 6) is -1.30. The van der Waals surface area contributed by atoms with Crippen molar-refractivity contribution in [1.82, 2.24) is 0 Å². The zero-order valence-electron chi connectivity index (χ0n) is 17.4. The van der Waals surface area contributed by atoms with Crippen molar-refractivity contribution < 1.29 is 19.1 Å².